The quantitative estimate of drug-likeness (QED) is 0.884. The number of rotatable bonds is 4. The van der Waals surface area contributed by atoms with E-state index in [4.69, 9.17) is 9.47 Å². The van der Waals surface area contributed by atoms with Crippen molar-refractivity contribution < 1.29 is 9.47 Å². The first-order chi connectivity index (χ1) is 8.75. The topological polar surface area (TPSA) is 30.5 Å². The fourth-order valence-corrected chi connectivity index (χ4v) is 2.59. The summed E-state index contributed by atoms with van der Waals surface area (Å²) in [6.45, 7) is 6.82. The van der Waals surface area contributed by atoms with Crippen LogP contribution in [0.4, 0.5) is 0 Å². The summed E-state index contributed by atoms with van der Waals surface area (Å²) in [7, 11) is 0. The van der Waals surface area contributed by atoms with Crippen LogP contribution in [-0.2, 0) is 4.74 Å². The Balaban J connectivity index is 1.63. The molecule has 0 aromatic heterocycles. The van der Waals surface area contributed by atoms with Gasteiger partial charge in [-0.2, -0.15) is 0 Å². The minimum atomic E-state index is 0.213. The molecule has 2 saturated heterocycles. The number of nitrogens with one attached hydrogen (secondary N) is 1. The molecule has 1 aromatic rings. The van der Waals surface area contributed by atoms with Gasteiger partial charge in [0, 0.05) is 12.0 Å². The summed E-state index contributed by atoms with van der Waals surface area (Å²) in [4.78, 5) is 0. The average molecular weight is 247 g/mol. The van der Waals surface area contributed by atoms with Gasteiger partial charge >= 0.3 is 0 Å². The van der Waals surface area contributed by atoms with E-state index >= 15 is 0 Å². The Morgan fingerprint density at radius 3 is 3.00 bits per heavy atom. The van der Waals surface area contributed by atoms with Crippen molar-refractivity contribution in [2.75, 3.05) is 32.9 Å². The lowest BCUT2D eigenvalue weighted by atomic mass is 9.90. The fourth-order valence-electron chi connectivity index (χ4n) is 2.59. The van der Waals surface area contributed by atoms with E-state index in [2.05, 4.69) is 36.5 Å². The number of ether oxygens (including phenoxy) is 2. The normalized spacial score (nSPS) is 25.7. The lowest BCUT2D eigenvalue weighted by Gasteiger charge is -2.37. The summed E-state index contributed by atoms with van der Waals surface area (Å²) in [6, 6.07) is 8.55. The van der Waals surface area contributed by atoms with Gasteiger partial charge in [0.15, 0.2) is 0 Å². The summed E-state index contributed by atoms with van der Waals surface area (Å²) in [5.41, 5.74) is 1.61. The molecular formula is C15H21NO2. The molecule has 3 nitrogen and oxygen atoms in total. The largest absolute Gasteiger partial charge is 0.493 e. The molecule has 2 aliphatic rings. The van der Waals surface area contributed by atoms with Gasteiger partial charge in [0.1, 0.15) is 5.75 Å². The Hall–Kier alpha value is -1.06. The highest BCUT2D eigenvalue weighted by atomic mass is 16.5. The van der Waals surface area contributed by atoms with Crippen LogP contribution in [0.3, 0.4) is 0 Å². The van der Waals surface area contributed by atoms with Gasteiger partial charge in [-0.05, 0) is 36.6 Å². The van der Waals surface area contributed by atoms with Gasteiger partial charge in [-0.3, -0.25) is 0 Å². The van der Waals surface area contributed by atoms with Crippen LogP contribution in [0.15, 0.2) is 24.3 Å². The Labute approximate surface area is 108 Å². The van der Waals surface area contributed by atoms with Gasteiger partial charge in [-0.15, -0.1) is 0 Å². The molecule has 0 saturated carbocycles. The third-order valence-electron chi connectivity index (χ3n) is 3.88. The van der Waals surface area contributed by atoms with Crippen LogP contribution in [0.5, 0.6) is 5.75 Å². The Bertz CT molecular complexity index is 409. The van der Waals surface area contributed by atoms with Crippen LogP contribution >= 0.6 is 0 Å². The zero-order chi connectivity index (χ0) is 12.4. The third-order valence-corrected chi connectivity index (χ3v) is 3.88. The van der Waals surface area contributed by atoms with Crippen LogP contribution in [0.25, 0.3) is 0 Å². The molecule has 2 heterocycles. The maximum atomic E-state index is 5.91. The van der Waals surface area contributed by atoms with Gasteiger partial charge in [0.25, 0.3) is 0 Å². The van der Waals surface area contributed by atoms with E-state index in [1.54, 1.807) is 0 Å². The number of hydrogen-bond acceptors (Lipinski definition) is 3. The van der Waals surface area contributed by atoms with Crippen molar-refractivity contribution in [1.29, 1.82) is 0 Å². The Morgan fingerprint density at radius 2 is 2.33 bits per heavy atom. The van der Waals surface area contributed by atoms with Crippen molar-refractivity contribution in [2.24, 2.45) is 5.41 Å². The smallest absolute Gasteiger partial charge is 0.119 e. The molecule has 0 amide bonds. The fraction of sp³-hybridized carbons (Fsp3) is 0.600. The van der Waals surface area contributed by atoms with Crippen LogP contribution < -0.4 is 10.1 Å². The Morgan fingerprint density at radius 1 is 1.44 bits per heavy atom. The summed E-state index contributed by atoms with van der Waals surface area (Å²) < 4.78 is 11.2. The summed E-state index contributed by atoms with van der Waals surface area (Å²) in [5, 5.41) is 3.41. The second-order valence-electron chi connectivity index (χ2n) is 5.85. The zero-order valence-corrected chi connectivity index (χ0v) is 10.9. The zero-order valence-electron chi connectivity index (χ0n) is 10.9. The average Bonchev–Trinajstić information content (AvgIpc) is 2.88. The summed E-state index contributed by atoms with van der Waals surface area (Å²) in [6.07, 6.45) is 1.23. The van der Waals surface area contributed by atoms with E-state index in [9.17, 15) is 0 Å². The Kier molecular flexibility index (Phi) is 3.27. The van der Waals surface area contributed by atoms with E-state index in [0.29, 0.717) is 5.92 Å². The minimum Gasteiger partial charge on any atom is -0.493 e. The molecule has 18 heavy (non-hydrogen) atoms. The van der Waals surface area contributed by atoms with Crippen molar-refractivity contribution in [2.45, 2.75) is 19.3 Å². The maximum absolute atomic E-state index is 5.91. The lowest BCUT2D eigenvalue weighted by Crippen LogP contribution is -2.44. The molecule has 0 bridgehead atoms. The van der Waals surface area contributed by atoms with E-state index < -0.39 is 0 Å². The van der Waals surface area contributed by atoms with Crippen molar-refractivity contribution in [1.82, 2.24) is 5.32 Å². The van der Waals surface area contributed by atoms with Crippen molar-refractivity contribution in [3.05, 3.63) is 29.8 Å². The molecule has 98 valence electrons. The van der Waals surface area contributed by atoms with E-state index in [1.165, 1.54) is 12.0 Å². The molecule has 0 aliphatic carbocycles. The van der Waals surface area contributed by atoms with Gasteiger partial charge < -0.3 is 14.8 Å². The van der Waals surface area contributed by atoms with E-state index in [0.717, 1.165) is 38.7 Å². The van der Waals surface area contributed by atoms with Crippen LogP contribution in [0.2, 0.25) is 0 Å². The molecule has 1 aromatic carbocycles. The van der Waals surface area contributed by atoms with Crippen molar-refractivity contribution in [3.8, 4) is 5.75 Å². The van der Waals surface area contributed by atoms with E-state index in [-0.39, 0.29) is 5.41 Å². The monoisotopic (exact) mass is 247 g/mol. The van der Waals surface area contributed by atoms with Gasteiger partial charge in [0.05, 0.1) is 19.8 Å². The summed E-state index contributed by atoms with van der Waals surface area (Å²) in [5.74, 6) is 1.64. The van der Waals surface area contributed by atoms with Crippen LogP contribution in [0, 0.1) is 5.41 Å². The van der Waals surface area contributed by atoms with Crippen LogP contribution in [-0.4, -0.2) is 32.9 Å². The molecular weight excluding hydrogens is 226 g/mol. The molecule has 0 radical (unpaired) electrons. The SMILES string of the molecule is CC1(COc2cccc(C3CCNC3)c2)COC1. The second kappa shape index (κ2) is 4.90. The highest BCUT2D eigenvalue weighted by Crippen LogP contribution is 2.29. The molecule has 1 atom stereocenters. The number of hydrogen-bond donors (Lipinski definition) is 1. The summed E-state index contributed by atoms with van der Waals surface area (Å²) >= 11 is 0. The standard InChI is InChI=1S/C15H21NO2/c1-15(9-17-10-15)11-18-14-4-2-3-12(7-14)13-5-6-16-8-13/h2-4,7,13,16H,5-6,8-11H2,1H3. The first-order valence-corrected chi connectivity index (χ1v) is 6.76. The predicted octanol–water partition coefficient (Wildman–Crippen LogP) is 2.18. The molecule has 3 rings (SSSR count). The second-order valence-corrected chi connectivity index (χ2v) is 5.85. The van der Waals surface area contributed by atoms with Gasteiger partial charge in [0.2, 0.25) is 0 Å². The van der Waals surface area contributed by atoms with Gasteiger partial charge in [-0.1, -0.05) is 19.1 Å². The number of benzene rings is 1. The highest BCUT2D eigenvalue weighted by molar-refractivity contribution is 5.31. The minimum absolute atomic E-state index is 0.213. The first kappa shape index (κ1) is 12.0. The first-order valence-electron chi connectivity index (χ1n) is 6.76. The van der Waals surface area contributed by atoms with Gasteiger partial charge in [-0.25, -0.2) is 0 Å². The third kappa shape index (κ3) is 2.52. The van der Waals surface area contributed by atoms with E-state index in [1.807, 2.05) is 0 Å². The lowest BCUT2D eigenvalue weighted by molar-refractivity contribution is -0.120. The molecule has 2 fully saturated rings. The molecule has 3 heteroatoms. The molecule has 0 spiro atoms. The molecule has 1 N–H and O–H groups in total. The maximum Gasteiger partial charge on any atom is 0.119 e. The van der Waals surface area contributed by atoms with Crippen molar-refractivity contribution in [3.63, 3.8) is 0 Å². The predicted molar refractivity (Wildman–Crippen MR) is 71.1 cm³/mol. The van der Waals surface area contributed by atoms with Crippen LogP contribution in [0.1, 0.15) is 24.8 Å². The molecule has 1 unspecified atom stereocenters. The highest BCUT2D eigenvalue weighted by Gasteiger charge is 2.34. The molecule has 2 aliphatic heterocycles. The van der Waals surface area contributed by atoms with Crippen molar-refractivity contribution >= 4 is 0 Å².